The van der Waals surface area contributed by atoms with Crippen LogP contribution in [0, 0.1) is 11.6 Å². The predicted octanol–water partition coefficient (Wildman–Crippen LogP) is 3.43. The molecule has 1 heterocycles. The second kappa shape index (κ2) is 5.03. The number of rotatable bonds is 2. The Labute approximate surface area is 115 Å². The van der Waals surface area contributed by atoms with E-state index in [1.807, 2.05) is 20.8 Å². The molecule has 0 atom stereocenters. The van der Waals surface area contributed by atoms with Crippen LogP contribution in [0.4, 0.5) is 14.6 Å². The lowest BCUT2D eigenvalue weighted by Gasteiger charge is -2.17. The van der Waals surface area contributed by atoms with Gasteiger partial charge in [-0.15, -0.1) is 0 Å². The van der Waals surface area contributed by atoms with Gasteiger partial charge in [0.15, 0.2) is 11.6 Å². The molecule has 0 radical (unpaired) electrons. The van der Waals surface area contributed by atoms with Gasteiger partial charge in [-0.1, -0.05) is 20.8 Å². The molecule has 2 N–H and O–H groups in total. The largest absolute Gasteiger partial charge is 0.436 e. The third-order valence-electron chi connectivity index (χ3n) is 2.50. The first kappa shape index (κ1) is 14.2. The minimum Gasteiger partial charge on any atom is -0.436 e. The number of halogens is 2. The molecule has 1 aromatic carbocycles. The lowest BCUT2D eigenvalue weighted by molar-refractivity contribution is 0.413. The Morgan fingerprint density at radius 2 is 1.80 bits per heavy atom. The predicted molar refractivity (Wildman–Crippen MR) is 71.6 cm³/mol. The van der Waals surface area contributed by atoms with Crippen molar-refractivity contribution in [2.75, 3.05) is 5.73 Å². The number of aromatic nitrogens is 2. The van der Waals surface area contributed by atoms with Crippen LogP contribution in [0.15, 0.2) is 24.3 Å². The van der Waals surface area contributed by atoms with E-state index < -0.39 is 11.6 Å². The van der Waals surface area contributed by atoms with Crippen molar-refractivity contribution in [3.63, 3.8) is 0 Å². The fourth-order valence-electron chi connectivity index (χ4n) is 1.50. The second-order valence-corrected chi connectivity index (χ2v) is 5.38. The van der Waals surface area contributed by atoms with Gasteiger partial charge in [-0.3, -0.25) is 0 Å². The number of ether oxygens (including phenoxy) is 1. The Morgan fingerprint density at radius 3 is 2.45 bits per heavy atom. The lowest BCUT2D eigenvalue weighted by atomic mass is 9.96. The minimum absolute atomic E-state index is 0.0759. The maximum atomic E-state index is 13.5. The zero-order valence-electron chi connectivity index (χ0n) is 11.4. The zero-order valence-corrected chi connectivity index (χ0v) is 11.4. The first-order valence-electron chi connectivity index (χ1n) is 6.03. The van der Waals surface area contributed by atoms with Crippen molar-refractivity contribution >= 4 is 5.82 Å². The standard InChI is InChI=1S/C14H15F2N3O/c1-14(2,3)13-18-11(17)7-12(19-13)20-10-6-8(15)4-5-9(10)16/h4-7H,1-3H3,(H2,17,18,19). The fourth-order valence-corrected chi connectivity index (χ4v) is 1.50. The molecule has 106 valence electrons. The SMILES string of the molecule is CC(C)(C)c1nc(N)cc(Oc2cc(F)ccc2F)n1. The molecule has 0 aliphatic heterocycles. The first-order chi connectivity index (χ1) is 9.25. The van der Waals surface area contributed by atoms with Gasteiger partial charge in [0.1, 0.15) is 17.5 Å². The van der Waals surface area contributed by atoms with Crippen molar-refractivity contribution in [2.45, 2.75) is 26.2 Å². The van der Waals surface area contributed by atoms with Gasteiger partial charge in [0.05, 0.1) is 0 Å². The van der Waals surface area contributed by atoms with E-state index in [-0.39, 0.29) is 22.9 Å². The molecule has 0 fully saturated rings. The number of hydrogen-bond donors (Lipinski definition) is 1. The minimum atomic E-state index is -0.680. The summed E-state index contributed by atoms with van der Waals surface area (Å²) >= 11 is 0. The van der Waals surface area contributed by atoms with Gasteiger partial charge in [-0.05, 0) is 12.1 Å². The molecule has 0 unspecified atom stereocenters. The Bertz CT molecular complexity index is 639. The number of anilines is 1. The van der Waals surface area contributed by atoms with E-state index in [4.69, 9.17) is 10.5 Å². The zero-order chi connectivity index (χ0) is 14.9. The Kier molecular flexibility index (Phi) is 3.57. The molecule has 0 bridgehead atoms. The van der Waals surface area contributed by atoms with Gasteiger partial charge in [-0.2, -0.15) is 4.98 Å². The monoisotopic (exact) mass is 279 g/mol. The van der Waals surface area contributed by atoms with Crippen LogP contribution in [0.1, 0.15) is 26.6 Å². The van der Waals surface area contributed by atoms with Gasteiger partial charge in [0, 0.05) is 17.5 Å². The highest BCUT2D eigenvalue weighted by molar-refractivity contribution is 5.37. The molecule has 1 aromatic heterocycles. The second-order valence-electron chi connectivity index (χ2n) is 5.38. The van der Waals surface area contributed by atoms with Crippen molar-refractivity contribution in [3.8, 4) is 11.6 Å². The molecule has 4 nitrogen and oxygen atoms in total. The first-order valence-corrected chi connectivity index (χ1v) is 6.03. The number of nitrogens with two attached hydrogens (primary N) is 1. The van der Waals surface area contributed by atoms with Gasteiger partial charge >= 0.3 is 0 Å². The van der Waals surface area contributed by atoms with E-state index in [9.17, 15) is 8.78 Å². The molecular weight excluding hydrogens is 264 g/mol. The summed E-state index contributed by atoms with van der Waals surface area (Å²) in [5, 5.41) is 0. The molecular formula is C14H15F2N3O. The van der Waals surface area contributed by atoms with Crippen molar-refractivity contribution in [3.05, 3.63) is 41.7 Å². The van der Waals surface area contributed by atoms with Gasteiger partial charge in [0.2, 0.25) is 5.88 Å². The fraction of sp³-hybridized carbons (Fsp3) is 0.286. The summed E-state index contributed by atoms with van der Waals surface area (Å²) in [4.78, 5) is 8.27. The Balaban J connectivity index is 2.39. The molecule has 0 saturated heterocycles. The van der Waals surface area contributed by atoms with Gasteiger partial charge in [0.25, 0.3) is 0 Å². The normalized spacial score (nSPS) is 11.4. The highest BCUT2D eigenvalue weighted by Gasteiger charge is 2.19. The van der Waals surface area contributed by atoms with E-state index in [0.717, 1.165) is 18.2 Å². The van der Waals surface area contributed by atoms with Crippen LogP contribution in [-0.2, 0) is 5.41 Å². The van der Waals surface area contributed by atoms with E-state index in [2.05, 4.69) is 9.97 Å². The quantitative estimate of drug-likeness (QED) is 0.915. The number of nitrogen functional groups attached to an aromatic ring is 1. The highest BCUT2D eigenvalue weighted by atomic mass is 19.1. The molecule has 2 aromatic rings. The third kappa shape index (κ3) is 3.20. The van der Waals surface area contributed by atoms with E-state index in [0.29, 0.717) is 5.82 Å². The molecule has 2 rings (SSSR count). The van der Waals surface area contributed by atoms with Gasteiger partial charge in [-0.25, -0.2) is 13.8 Å². The molecule has 0 aliphatic carbocycles. The van der Waals surface area contributed by atoms with Crippen LogP contribution in [0.3, 0.4) is 0 Å². The van der Waals surface area contributed by atoms with Crippen molar-refractivity contribution in [1.29, 1.82) is 0 Å². The summed E-state index contributed by atoms with van der Waals surface area (Å²) in [5.41, 5.74) is 5.34. The molecule has 0 aliphatic rings. The maximum Gasteiger partial charge on any atom is 0.224 e. The molecule has 0 spiro atoms. The molecule has 0 amide bonds. The van der Waals surface area contributed by atoms with Crippen LogP contribution in [0.25, 0.3) is 0 Å². The van der Waals surface area contributed by atoms with Crippen molar-refractivity contribution in [1.82, 2.24) is 9.97 Å². The maximum absolute atomic E-state index is 13.5. The summed E-state index contributed by atoms with van der Waals surface area (Å²) in [6, 6.07) is 4.31. The lowest BCUT2D eigenvalue weighted by Crippen LogP contribution is -2.17. The summed E-state index contributed by atoms with van der Waals surface area (Å²) < 4.78 is 31.9. The number of benzene rings is 1. The van der Waals surface area contributed by atoms with E-state index in [1.165, 1.54) is 6.07 Å². The van der Waals surface area contributed by atoms with Gasteiger partial charge < -0.3 is 10.5 Å². The molecule has 0 saturated carbocycles. The summed E-state index contributed by atoms with van der Waals surface area (Å²) in [7, 11) is 0. The smallest absolute Gasteiger partial charge is 0.224 e. The number of nitrogens with zero attached hydrogens (tertiary/aromatic N) is 2. The van der Waals surface area contributed by atoms with E-state index >= 15 is 0 Å². The Morgan fingerprint density at radius 1 is 1.10 bits per heavy atom. The topological polar surface area (TPSA) is 61.0 Å². The van der Waals surface area contributed by atoms with Crippen LogP contribution in [-0.4, -0.2) is 9.97 Å². The number of hydrogen-bond acceptors (Lipinski definition) is 4. The Hall–Kier alpha value is -2.24. The van der Waals surface area contributed by atoms with E-state index in [1.54, 1.807) is 0 Å². The summed E-state index contributed by atoms with van der Waals surface area (Å²) in [6.07, 6.45) is 0. The third-order valence-corrected chi connectivity index (χ3v) is 2.50. The average molecular weight is 279 g/mol. The van der Waals surface area contributed by atoms with Crippen LogP contribution in [0.2, 0.25) is 0 Å². The van der Waals surface area contributed by atoms with Crippen molar-refractivity contribution in [2.24, 2.45) is 0 Å². The molecule has 6 heteroatoms. The summed E-state index contributed by atoms with van der Waals surface area (Å²) in [5.74, 6) is -0.781. The highest BCUT2D eigenvalue weighted by Crippen LogP contribution is 2.27. The molecule has 20 heavy (non-hydrogen) atoms. The van der Waals surface area contributed by atoms with Crippen LogP contribution >= 0.6 is 0 Å². The van der Waals surface area contributed by atoms with Crippen molar-refractivity contribution < 1.29 is 13.5 Å². The van der Waals surface area contributed by atoms with Crippen LogP contribution < -0.4 is 10.5 Å². The van der Waals surface area contributed by atoms with Crippen LogP contribution in [0.5, 0.6) is 11.6 Å². The summed E-state index contributed by atoms with van der Waals surface area (Å²) in [6.45, 7) is 5.73. The average Bonchev–Trinajstić information content (AvgIpc) is 2.32.